The first-order chi connectivity index (χ1) is 8.78. The highest BCUT2D eigenvalue weighted by Crippen LogP contribution is 1.99. The Bertz CT molecular complexity index is 479. The summed E-state index contributed by atoms with van der Waals surface area (Å²) in [6.45, 7) is 3.93. The van der Waals surface area contributed by atoms with Crippen molar-refractivity contribution < 1.29 is 5.11 Å². The lowest BCUT2D eigenvalue weighted by molar-refractivity contribution is 0.268. The molecule has 0 atom stereocenters. The van der Waals surface area contributed by atoms with Gasteiger partial charge in [-0.15, -0.1) is 5.10 Å². The Morgan fingerprint density at radius 1 is 1.33 bits per heavy atom. The van der Waals surface area contributed by atoms with Gasteiger partial charge < -0.3 is 10.4 Å². The predicted octanol–water partition coefficient (Wildman–Crippen LogP) is 0.264. The molecule has 0 saturated heterocycles. The normalized spacial score (nSPS) is 10.8. The van der Waals surface area contributed by atoms with Gasteiger partial charge in [-0.2, -0.15) is 0 Å². The Balaban J connectivity index is 1.79. The molecular weight excluding hydrogens is 230 g/mol. The molecule has 2 N–H and O–H groups in total. The van der Waals surface area contributed by atoms with Crippen molar-refractivity contribution in [1.29, 1.82) is 0 Å². The minimum atomic E-state index is 0.0747. The third kappa shape index (κ3) is 3.61. The van der Waals surface area contributed by atoms with Crippen molar-refractivity contribution in [2.45, 2.75) is 26.6 Å². The van der Waals surface area contributed by atoms with Gasteiger partial charge in [-0.3, -0.25) is 4.98 Å². The standard InChI is InChI=1S/C12H17N5O/c1-10-2-3-11(7-14-10)6-13-8-12-9-17(4-5-18)16-15-12/h2-3,7,9,13,18H,4-6,8H2,1H3. The van der Waals surface area contributed by atoms with Crippen LogP contribution in [0.15, 0.2) is 24.5 Å². The van der Waals surface area contributed by atoms with Crippen molar-refractivity contribution in [3.63, 3.8) is 0 Å². The van der Waals surface area contributed by atoms with E-state index in [4.69, 9.17) is 5.11 Å². The number of hydrogen-bond acceptors (Lipinski definition) is 5. The molecule has 0 aromatic carbocycles. The van der Waals surface area contributed by atoms with E-state index in [1.807, 2.05) is 25.4 Å². The predicted molar refractivity (Wildman–Crippen MR) is 66.6 cm³/mol. The van der Waals surface area contributed by atoms with Crippen LogP contribution < -0.4 is 5.32 Å². The highest BCUT2D eigenvalue weighted by Gasteiger charge is 2.00. The largest absolute Gasteiger partial charge is 0.394 e. The SMILES string of the molecule is Cc1ccc(CNCc2cn(CCO)nn2)cn1. The van der Waals surface area contributed by atoms with Crippen LogP contribution in [0.2, 0.25) is 0 Å². The van der Waals surface area contributed by atoms with Gasteiger partial charge in [0, 0.05) is 31.2 Å². The van der Waals surface area contributed by atoms with Crippen LogP contribution in [0.3, 0.4) is 0 Å². The Morgan fingerprint density at radius 3 is 2.94 bits per heavy atom. The second-order valence-electron chi connectivity index (χ2n) is 4.11. The molecule has 0 aliphatic rings. The molecule has 0 spiro atoms. The van der Waals surface area contributed by atoms with Gasteiger partial charge in [-0.25, -0.2) is 4.68 Å². The molecule has 0 unspecified atom stereocenters. The second-order valence-corrected chi connectivity index (χ2v) is 4.11. The summed E-state index contributed by atoms with van der Waals surface area (Å²) in [5, 5.41) is 19.9. The van der Waals surface area contributed by atoms with Crippen LogP contribution in [0.25, 0.3) is 0 Å². The molecule has 0 amide bonds. The molecule has 0 aliphatic carbocycles. The molecule has 18 heavy (non-hydrogen) atoms. The van der Waals surface area contributed by atoms with Crippen LogP contribution in [-0.2, 0) is 19.6 Å². The lowest BCUT2D eigenvalue weighted by atomic mass is 10.2. The van der Waals surface area contributed by atoms with Crippen molar-refractivity contribution in [3.05, 3.63) is 41.5 Å². The molecule has 0 fully saturated rings. The first kappa shape index (κ1) is 12.7. The van der Waals surface area contributed by atoms with Gasteiger partial charge >= 0.3 is 0 Å². The van der Waals surface area contributed by atoms with Gasteiger partial charge in [0.25, 0.3) is 0 Å². The maximum Gasteiger partial charge on any atom is 0.0964 e. The summed E-state index contributed by atoms with van der Waals surface area (Å²) < 4.78 is 1.63. The Morgan fingerprint density at radius 2 is 2.22 bits per heavy atom. The van der Waals surface area contributed by atoms with Crippen LogP contribution in [0.5, 0.6) is 0 Å². The van der Waals surface area contributed by atoms with Gasteiger partial charge in [-0.05, 0) is 18.6 Å². The van der Waals surface area contributed by atoms with Gasteiger partial charge in [-0.1, -0.05) is 11.3 Å². The summed E-state index contributed by atoms with van der Waals surface area (Å²) in [5.74, 6) is 0. The third-order valence-electron chi connectivity index (χ3n) is 2.52. The number of nitrogens with one attached hydrogen (secondary N) is 1. The lowest BCUT2D eigenvalue weighted by Gasteiger charge is -2.02. The highest BCUT2D eigenvalue weighted by atomic mass is 16.3. The van der Waals surface area contributed by atoms with Crippen LogP contribution in [0, 0.1) is 6.92 Å². The number of hydrogen-bond donors (Lipinski definition) is 2. The average Bonchev–Trinajstić information content (AvgIpc) is 2.80. The number of aliphatic hydroxyl groups excluding tert-OH is 1. The molecule has 0 radical (unpaired) electrons. The van der Waals surface area contributed by atoms with Crippen molar-refractivity contribution in [2.75, 3.05) is 6.61 Å². The van der Waals surface area contributed by atoms with E-state index < -0.39 is 0 Å². The molecule has 6 nitrogen and oxygen atoms in total. The fourth-order valence-corrected chi connectivity index (χ4v) is 1.57. The summed E-state index contributed by atoms with van der Waals surface area (Å²) >= 11 is 0. The quantitative estimate of drug-likeness (QED) is 0.766. The van der Waals surface area contributed by atoms with E-state index in [-0.39, 0.29) is 6.61 Å². The summed E-state index contributed by atoms with van der Waals surface area (Å²) in [5.41, 5.74) is 3.03. The van der Waals surface area contributed by atoms with Crippen LogP contribution in [-0.4, -0.2) is 31.7 Å². The Labute approximate surface area is 106 Å². The van der Waals surface area contributed by atoms with Gasteiger partial charge in [0.05, 0.1) is 18.8 Å². The number of rotatable bonds is 6. The Hall–Kier alpha value is -1.79. The van der Waals surface area contributed by atoms with E-state index in [1.165, 1.54) is 0 Å². The van der Waals surface area contributed by atoms with Gasteiger partial charge in [0.1, 0.15) is 0 Å². The number of aromatic nitrogens is 4. The molecule has 2 heterocycles. The highest BCUT2D eigenvalue weighted by molar-refractivity contribution is 5.12. The summed E-state index contributed by atoms with van der Waals surface area (Å²) in [6, 6.07) is 4.05. The van der Waals surface area contributed by atoms with Gasteiger partial charge in [0.2, 0.25) is 0 Å². The minimum Gasteiger partial charge on any atom is -0.394 e. The molecule has 96 valence electrons. The summed E-state index contributed by atoms with van der Waals surface area (Å²) in [6.07, 6.45) is 3.70. The molecule has 2 rings (SSSR count). The van der Waals surface area contributed by atoms with Crippen molar-refractivity contribution in [2.24, 2.45) is 0 Å². The Kier molecular flexibility index (Phi) is 4.38. The smallest absolute Gasteiger partial charge is 0.0964 e. The summed E-state index contributed by atoms with van der Waals surface area (Å²) in [4.78, 5) is 4.23. The average molecular weight is 247 g/mol. The van der Waals surface area contributed by atoms with Crippen LogP contribution >= 0.6 is 0 Å². The second kappa shape index (κ2) is 6.23. The fraction of sp³-hybridized carbons (Fsp3) is 0.417. The molecule has 0 saturated carbocycles. The zero-order chi connectivity index (χ0) is 12.8. The van der Waals surface area contributed by atoms with E-state index in [1.54, 1.807) is 4.68 Å². The maximum absolute atomic E-state index is 8.76. The first-order valence-electron chi connectivity index (χ1n) is 5.90. The third-order valence-corrected chi connectivity index (χ3v) is 2.52. The topological polar surface area (TPSA) is 75.9 Å². The molecule has 2 aromatic heterocycles. The maximum atomic E-state index is 8.76. The van der Waals surface area contributed by atoms with Crippen LogP contribution in [0.4, 0.5) is 0 Å². The zero-order valence-electron chi connectivity index (χ0n) is 10.4. The van der Waals surface area contributed by atoms with E-state index in [2.05, 4.69) is 26.7 Å². The van der Waals surface area contributed by atoms with E-state index in [9.17, 15) is 0 Å². The van der Waals surface area contributed by atoms with E-state index in [0.717, 1.165) is 23.5 Å². The van der Waals surface area contributed by atoms with E-state index >= 15 is 0 Å². The first-order valence-corrected chi connectivity index (χ1v) is 5.90. The van der Waals surface area contributed by atoms with Gasteiger partial charge in [0.15, 0.2) is 0 Å². The summed E-state index contributed by atoms with van der Waals surface area (Å²) in [7, 11) is 0. The fourth-order valence-electron chi connectivity index (χ4n) is 1.57. The van der Waals surface area contributed by atoms with Crippen LogP contribution in [0.1, 0.15) is 17.0 Å². The number of nitrogens with zero attached hydrogens (tertiary/aromatic N) is 4. The number of pyridine rings is 1. The zero-order valence-corrected chi connectivity index (χ0v) is 10.4. The van der Waals surface area contributed by atoms with Crippen molar-refractivity contribution in [3.8, 4) is 0 Å². The number of aliphatic hydroxyl groups is 1. The molecule has 6 heteroatoms. The van der Waals surface area contributed by atoms with Crippen molar-refractivity contribution >= 4 is 0 Å². The van der Waals surface area contributed by atoms with Crippen molar-refractivity contribution in [1.82, 2.24) is 25.3 Å². The lowest BCUT2D eigenvalue weighted by Crippen LogP contribution is -2.13. The number of aryl methyl sites for hydroxylation is 1. The molecule has 2 aromatic rings. The minimum absolute atomic E-state index is 0.0747. The molecule has 0 aliphatic heterocycles. The monoisotopic (exact) mass is 247 g/mol. The molecular formula is C12H17N5O. The molecule has 0 bridgehead atoms. The van der Waals surface area contributed by atoms with E-state index in [0.29, 0.717) is 13.1 Å².